The smallest absolute Gasteiger partial charge is 0.126 e. The van der Waals surface area contributed by atoms with E-state index in [0.717, 1.165) is 44.2 Å². The summed E-state index contributed by atoms with van der Waals surface area (Å²) in [6, 6.07) is 6.12. The molecule has 0 N–H and O–H groups in total. The maximum Gasteiger partial charge on any atom is 0.126 e. The van der Waals surface area contributed by atoms with Gasteiger partial charge in [-0.2, -0.15) is 0 Å². The van der Waals surface area contributed by atoms with Gasteiger partial charge in [0.25, 0.3) is 0 Å². The van der Waals surface area contributed by atoms with Gasteiger partial charge in [0.2, 0.25) is 0 Å². The molecule has 3 rings (SSSR count). The maximum absolute atomic E-state index is 5.94. The molecule has 2 aliphatic rings. The third kappa shape index (κ3) is 2.32. The van der Waals surface area contributed by atoms with E-state index in [2.05, 4.69) is 17.9 Å². The summed E-state index contributed by atoms with van der Waals surface area (Å²) in [4.78, 5) is 2.51. The number of likely N-dealkylation sites (tertiary alicyclic amines) is 1. The summed E-state index contributed by atoms with van der Waals surface area (Å²) in [6.45, 7) is 8.17. The number of fused-ring (bicyclic) bond motifs is 3. The lowest BCUT2D eigenvalue weighted by atomic mass is 9.78. The lowest BCUT2D eigenvalue weighted by Crippen LogP contribution is -2.44. The zero-order valence-corrected chi connectivity index (χ0v) is 11.6. The molecule has 103 valence electrons. The number of nitrogens with zero attached hydrogens (tertiary/aromatic N) is 1. The van der Waals surface area contributed by atoms with Crippen molar-refractivity contribution >= 4 is 0 Å². The van der Waals surface area contributed by atoms with Crippen molar-refractivity contribution in [2.45, 2.75) is 18.8 Å². The highest BCUT2D eigenvalue weighted by Crippen LogP contribution is 2.46. The first-order chi connectivity index (χ1) is 9.33. The highest BCUT2D eigenvalue weighted by Gasteiger charge is 2.37. The Labute approximate surface area is 115 Å². The van der Waals surface area contributed by atoms with E-state index < -0.39 is 0 Å². The standard InChI is InChI=1S/C16H22NO2/c1-3-8-17-9-7-13-12(10-17)11-19-15-6-4-5-14(18-2)16(13)15/h4-6,12-13H,1,3,7-11H2,2H3/t12-,13+/m1/s1. The quantitative estimate of drug-likeness (QED) is 0.834. The molecule has 0 saturated carbocycles. The first-order valence-corrected chi connectivity index (χ1v) is 7.14. The van der Waals surface area contributed by atoms with Crippen LogP contribution in [0.4, 0.5) is 0 Å². The number of hydrogen-bond acceptors (Lipinski definition) is 3. The van der Waals surface area contributed by atoms with Crippen LogP contribution < -0.4 is 9.47 Å². The van der Waals surface area contributed by atoms with Gasteiger partial charge in [0.1, 0.15) is 11.5 Å². The van der Waals surface area contributed by atoms with Crippen LogP contribution in [0.5, 0.6) is 11.5 Å². The van der Waals surface area contributed by atoms with E-state index in [1.165, 1.54) is 12.0 Å². The maximum atomic E-state index is 5.94. The highest BCUT2D eigenvalue weighted by atomic mass is 16.5. The van der Waals surface area contributed by atoms with Gasteiger partial charge in [-0.1, -0.05) is 13.0 Å². The molecule has 1 saturated heterocycles. The Balaban J connectivity index is 1.86. The molecule has 2 heterocycles. The molecule has 0 aliphatic carbocycles. The Hall–Kier alpha value is -1.22. The Kier molecular flexibility index (Phi) is 3.65. The molecule has 0 unspecified atom stereocenters. The summed E-state index contributed by atoms with van der Waals surface area (Å²) in [6.07, 6.45) is 2.18. The zero-order chi connectivity index (χ0) is 13.2. The predicted octanol–water partition coefficient (Wildman–Crippen LogP) is 2.72. The van der Waals surface area contributed by atoms with E-state index in [-0.39, 0.29) is 0 Å². The van der Waals surface area contributed by atoms with Crippen LogP contribution in [-0.4, -0.2) is 38.3 Å². The van der Waals surface area contributed by atoms with Gasteiger partial charge in [-0.25, -0.2) is 0 Å². The van der Waals surface area contributed by atoms with E-state index in [4.69, 9.17) is 9.47 Å². The molecule has 1 aromatic rings. The van der Waals surface area contributed by atoms with Crippen LogP contribution in [0.2, 0.25) is 0 Å². The lowest BCUT2D eigenvalue weighted by Gasteiger charge is -2.42. The fourth-order valence-corrected chi connectivity index (χ4v) is 3.47. The second-order valence-corrected chi connectivity index (χ2v) is 5.49. The minimum Gasteiger partial charge on any atom is -0.496 e. The molecule has 0 bridgehead atoms. The molecular weight excluding hydrogens is 238 g/mol. The fourth-order valence-electron chi connectivity index (χ4n) is 3.47. The molecule has 3 nitrogen and oxygen atoms in total. The molecule has 0 spiro atoms. The van der Waals surface area contributed by atoms with Crippen molar-refractivity contribution in [2.24, 2.45) is 5.92 Å². The molecule has 1 aromatic carbocycles. The summed E-state index contributed by atoms with van der Waals surface area (Å²) < 4.78 is 11.5. The third-order valence-electron chi connectivity index (χ3n) is 4.36. The first kappa shape index (κ1) is 12.8. The second kappa shape index (κ2) is 5.41. The number of benzene rings is 1. The number of piperidine rings is 1. The number of hydrogen-bond donors (Lipinski definition) is 0. The Morgan fingerprint density at radius 1 is 1.47 bits per heavy atom. The summed E-state index contributed by atoms with van der Waals surface area (Å²) in [5.74, 6) is 3.18. The molecule has 2 aliphatic heterocycles. The zero-order valence-electron chi connectivity index (χ0n) is 11.6. The summed E-state index contributed by atoms with van der Waals surface area (Å²) in [5.41, 5.74) is 1.29. The monoisotopic (exact) mass is 260 g/mol. The first-order valence-electron chi connectivity index (χ1n) is 7.14. The fraction of sp³-hybridized carbons (Fsp3) is 0.562. The van der Waals surface area contributed by atoms with Crippen molar-refractivity contribution in [2.75, 3.05) is 33.4 Å². The van der Waals surface area contributed by atoms with Crippen LogP contribution in [0.1, 0.15) is 24.3 Å². The van der Waals surface area contributed by atoms with E-state index in [0.29, 0.717) is 11.8 Å². The van der Waals surface area contributed by atoms with Crippen molar-refractivity contribution in [3.8, 4) is 11.5 Å². The van der Waals surface area contributed by atoms with Gasteiger partial charge in [-0.05, 0) is 44.0 Å². The van der Waals surface area contributed by atoms with Crippen molar-refractivity contribution < 1.29 is 9.47 Å². The number of rotatable bonds is 3. The van der Waals surface area contributed by atoms with Crippen LogP contribution in [0.3, 0.4) is 0 Å². The molecule has 0 aromatic heterocycles. The largest absolute Gasteiger partial charge is 0.496 e. The van der Waals surface area contributed by atoms with Gasteiger partial charge in [-0.3, -0.25) is 0 Å². The normalized spacial score (nSPS) is 26.2. The molecule has 1 radical (unpaired) electrons. The van der Waals surface area contributed by atoms with Crippen molar-refractivity contribution in [3.05, 3.63) is 30.7 Å². The average molecular weight is 260 g/mol. The minimum atomic E-state index is 0.584. The van der Waals surface area contributed by atoms with Crippen LogP contribution in [0, 0.1) is 12.8 Å². The highest BCUT2D eigenvalue weighted by molar-refractivity contribution is 5.49. The van der Waals surface area contributed by atoms with Crippen molar-refractivity contribution in [1.29, 1.82) is 0 Å². The van der Waals surface area contributed by atoms with Crippen molar-refractivity contribution in [3.63, 3.8) is 0 Å². The molecule has 19 heavy (non-hydrogen) atoms. The molecular formula is C16H22NO2. The minimum absolute atomic E-state index is 0.584. The van der Waals surface area contributed by atoms with E-state index >= 15 is 0 Å². The summed E-state index contributed by atoms with van der Waals surface area (Å²) in [7, 11) is 1.75. The van der Waals surface area contributed by atoms with Crippen molar-refractivity contribution in [1.82, 2.24) is 4.90 Å². The summed E-state index contributed by atoms with van der Waals surface area (Å²) in [5, 5.41) is 0. The Morgan fingerprint density at radius 2 is 2.37 bits per heavy atom. The lowest BCUT2D eigenvalue weighted by molar-refractivity contribution is 0.0925. The second-order valence-electron chi connectivity index (χ2n) is 5.49. The van der Waals surface area contributed by atoms with E-state index in [1.54, 1.807) is 7.11 Å². The Bertz CT molecular complexity index is 432. The van der Waals surface area contributed by atoms with Crippen LogP contribution in [-0.2, 0) is 0 Å². The van der Waals surface area contributed by atoms with Crippen LogP contribution >= 0.6 is 0 Å². The molecule has 2 atom stereocenters. The van der Waals surface area contributed by atoms with Gasteiger partial charge in [0.15, 0.2) is 0 Å². The number of ether oxygens (including phenoxy) is 2. The van der Waals surface area contributed by atoms with Crippen LogP contribution in [0.15, 0.2) is 18.2 Å². The van der Waals surface area contributed by atoms with Gasteiger partial charge >= 0.3 is 0 Å². The summed E-state index contributed by atoms with van der Waals surface area (Å²) >= 11 is 0. The van der Waals surface area contributed by atoms with Crippen LogP contribution in [0.25, 0.3) is 0 Å². The SMILES string of the molecule is [CH2]CCN1CC[C@@H]2c3c(OC)cccc3OC[C@H]2C1. The predicted molar refractivity (Wildman–Crippen MR) is 75.8 cm³/mol. The van der Waals surface area contributed by atoms with Gasteiger partial charge in [-0.15, -0.1) is 0 Å². The van der Waals surface area contributed by atoms with E-state index in [1.807, 2.05) is 12.1 Å². The van der Waals surface area contributed by atoms with Gasteiger partial charge in [0.05, 0.1) is 13.7 Å². The van der Waals surface area contributed by atoms with E-state index in [9.17, 15) is 0 Å². The third-order valence-corrected chi connectivity index (χ3v) is 4.36. The topological polar surface area (TPSA) is 21.7 Å². The number of methoxy groups -OCH3 is 1. The molecule has 3 heteroatoms. The molecule has 0 amide bonds. The average Bonchev–Trinajstić information content (AvgIpc) is 2.46. The molecule has 1 fully saturated rings. The Morgan fingerprint density at radius 3 is 3.16 bits per heavy atom. The van der Waals surface area contributed by atoms with Gasteiger partial charge in [0, 0.05) is 18.0 Å². The van der Waals surface area contributed by atoms with Gasteiger partial charge < -0.3 is 14.4 Å².